The molecule has 0 aliphatic rings. The quantitative estimate of drug-likeness (QED) is 0.793. The van der Waals surface area contributed by atoms with Crippen LogP contribution in [0.2, 0.25) is 0 Å². The van der Waals surface area contributed by atoms with Gasteiger partial charge in [0, 0.05) is 0 Å². The van der Waals surface area contributed by atoms with Gasteiger partial charge in [-0.1, -0.05) is 48.9 Å². The monoisotopic (exact) mass is 311 g/mol. The van der Waals surface area contributed by atoms with Crippen LogP contribution in [0.5, 0.6) is 5.75 Å². The fraction of sp³-hybridized carbons (Fsp3) is 0.350. The second kappa shape index (κ2) is 8.37. The van der Waals surface area contributed by atoms with Crippen LogP contribution in [-0.4, -0.2) is 19.1 Å². The summed E-state index contributed by atoms with van der Waals surface area (Å²) < 4.78 is 5.71. The number of amides is 1. The molecule has 0 radical (unpaired) electrons. The lowest BCUT2D eigenvalue weighted by Gasteiger charge is -2.10. The van der Waals surface area contributed by atoms with Gasteiger partial charge in [0.15, 0.2) is 0 Å². The first-order valence-electron chi connectivity index (χ1n) is 8.13. The molecule has 3 heteroatoms. The van der Waals surface area contributed by atoms with Crippen LogP contribution in [0.3, 0.4) is 0 Å². The van der Waals surface area contributed by atoms with Crippen molar-refractivity contribution in [1.29, 1.82) is 0 Å². The van der Waals surface area contributed by atoms with E-state index < -0.39 is 0 Å². The minimum Gasteiger partial charge on any atom is -0.491 e. The van der Waals surface area contributed by atoms with Gasteiger partial charge >= 0.3 is 0 Å². The molecule has 23 heavy (non-hydrogen) atoms. The van der Waals surface area contributed by atoms with Gasteiger partial charge in [-0.3, -0.25) is 4.79 Å². The lowest BCUT2D eigenvalue weighted by molar-refractivity contribution is -0.120. The minimum atomic E-state index is 0.0264. The van der Waals surface area contributed by atoms with E-state index in [-0.39, 0.29) is 5.91 Å². The molecule has 2 aromatic carbocycles. The van der Waals surface area contributed by atoms with Crippen molar-refractivity contribution in [2.75, 3.05) is 13.2 Å². The van der Waals surface area contributed by atoms with Gasteiger partial charge in [-0.25, -0.2) is 0 Å². The summed E-state index contributed by atoms with van der Waals surface area (Å²) in [6.45, 7) is 7.20. The molecular weight excluding hydrogens is 286 g/mol. The number of benzene rings is 2. The van der Waals surface area contributed by atoms with E-state index >= 15 is 0 Å². The Bertz CT molecular complexity index is 647. The van der Waals surface area contributed by atoms with E-state index in [1.165, 1.54) is 11.1 Å². The molecule has 0 aliphatic carbocycles. The molecule has 0 aliphatic heterocycles. The molecule has 0 atom stereocenters. The van der Waals surface area contributed by atoms with Gasteiger partial charge < -0.3 is 10.1 Å². The molecular formula is C20H25NO2. The highest BCUT2D eigenvalue weighted by atomic mass is 16.5. The molecule has 1 amide bonds. The number of rotatable bonds is 7. The van der Waals surface area contributed by atoms with Crippen LogP contribution in [0.1, 0.15) is 29.2 Å². The predicted molar refractivity (Wildman–Crippen MR) is 93.9 cm³/mol. The highest BCUT2D eigenvalue weighted by Crippen LogP contribution is 2.18. The Morgan fingerprint density at radius 2 is 1.74 bits per heavy atom. The topological polar surface area (TPSA) is 38.3 Å². The Morgan fingerprint density at radius 1 is 1.04 bits per heavy atom. The molecule has 0 saturated carbocycles. The highest BCUT2D eigenvalue weighted by Gasteiger charge is 2.04. The number of hydrogen-bond acceptors (Lipinski definition) is 2. The zero-order valence-electron chi connectivity index (χ0n) is 14.2. The Morgan fingerprint density at radius 3 is 2.39 bits per heavy atom. The van der Waals surface area contributed by atoms with E-state index in [9.17, 15) is 4.79 Å². The maximum absolute atomic E-state index is 11.9. The fourth-order valence-electron chi connectivity index (χ4n) is 2.45. The summed E-state index contributed by atoms with van der Waals surface area (Å²) in [4.78, 5) is 11.9. The van der Waals surface area contributed by atoms with E-state index in [0.717, 1.165) is 23.3 Å². The Balaban J connectivity index is 1.72. The van der Waals surface area contributed by atoms with E-state index in [1.807, 2.05) is 31.2 Å². The summed E-state index contributed by atoms with van der Waals surface area (Å²) in [5.74, 6) is 0.901. The van der Waals surface area contributed by atoms with Crippen LogP contribution in [0.4, 0.5) is 0 Å². The van der Waals surface area contributed by atoms with Crippen LogP contribution < -0.4 is 10.1 Å². The smallest absolute Gasteiger partial charge is 0.224 e. The molecule has 2 aromatic rings. The lowest BCUT2D eigenvalue weighted by Crippen LogP contribution is -2.29. The first-order chi connectivity index (χ1) is 11.1. The zero-order valence-corrected chi connectivity index (χ0v) is 14.2. The Hall–Kier alpha value is -2.29. The third-order valence-corrected chi connectivity index (χ3v) is 3.81. The van der Waals surface area contributed by atoms with Crippen molar-refractivity contribution in [3.8, 4) is 5.75 Å². The van der Waals surface area contributed by atoms with Crippen molar-refractivity contribution >= 4 is 5.91 Å². The second-order valence-corrected chi connectivity index (χ2v) is 5.81. The van der Waals surface area contributed by atoms with E-state index in [0.29, 0.717) is 19.6 Å². The van der Waals surface area contributed by atoms with Crippen LogP contribution in [0.25, 0.3) is 0 Å². The van der Waals surface area contributed by atoms with Gasteiger partial charge in [0.25, 0.3) is 0 Å². The molecule has 3 nitrogen and oxygen atoms in total. The molecule has 122 valence electrons. The summed E-state index contributed by atoms with van der Waals surface area (Å²) in [5.41, 5.74) is 4.66. The van der Waals surface area contributed by atoms with Crippen molar-refractivity contribution in [2.45, 2.75) is 33.6 Å². The molecule has 0 aromatic heterocycles. The standard InChI is InChI=1S/C20H25NO2/c1-4-17-6-8-18(9-7-17)14-20(22)21-11-12-23-19-10-5-15(2)13-16(19)3/h5-10,13H,4,11-12,14H2,1-3H3,(H,21,22). The number of nitrogens with one attached hydrogen (secondary N) is 1. The molecule has 1 N–H and O–H groups in total. The van der Waals surface area contributed by atoms with Crippen molar-refractivity contribution in [1.82, 2.24) is 5.32 Å². The average Bonchev–Trinajstić information content (AvgIpc) is 2.54. The van der Waals surface area contributed by atoms with E-state index in [1.54, 1.807) is 0 Å². The Kier molecular flexibility index (Phi) is 6.21. The molecule has 0 saturated heterocycles. The maximum Gasteiger partial charge on any atom is 0.224 e. The van der Waals surface area contributed by atoms with Gasteiger partial charge in [0.1, 0.15) is 12.4 Å². The Labute approximate surface area is 138 Å². The summed E-state index contributed by atoms with van der Waals surface area (Å²) in [6.07, 6.45) is 1.43. The van der Waals surface area contributed by atoms with Gasteiger partial charge in [-0.2, -0.15) is 0 Å². The van der Waals surface area contributed by atoms with Crippen molar-refractivity contribution in [3.63, 3.8) is 0 Å². The number of carbonyl (C=O) groups excluding carboxylic acids is 1. The van der Waals surface area contributed by atoms with Gasteiger partial charge in [0.05, 0.1) is 13.0 Å². The fourth-order valence-corrected chi connectivity index (χ4v) is 2.45. The molecule has 0 fully saturated rings. The summed E-state index contributed by atoms with van der Waals surface area (Å²) >= 11 is 0. The van der Waals surface area contributed by atoms with E-state index in [4.69, 9.17) is 4.74 Å². The number of aryl methyl sites for hydroxylation is 3. The van der Waals surface area contributed by atoms with E-state index in [2.05, 4.69) is 37.4 Å². The van der Waals surface area contributed by atoms with Gasteiger partial charge in [0.2, 0.25) is 5.91 Å². The van der Waals surface area contributed by atoms with Gasteiger partial charge in [-0.05, 0) is 43.0 Å². The molecule has 0 unspecified atom stereocenters. The zero-order chi connectivity index (χ0) is 16.7. The van der Waals surface area contributed by atoms with Crippen LogP contribution in [0, 0.1) is 13.8 Å². The third-order valence-electron chi connectivity index (χ3n) is 3.81. The molecule has 0 spiro atoms. The van der Waals surface area contributed by atoms with Crippen LogP contribution in [-0.2, 0) is 17.6 Å². The first-order valence-corrected chi connectivity index (χ1v) is 8.13. The molecule has 0 heterocycles. The largest absolute Gasteiger partial charge is 0.491 e. The lowest BCUT2D eigenvalue weighted by atomic mass is 10.1. The summed E-state index contributed by atoms with van der Waals surface area (Å²) in [5, 5.41) is 2.90. The van der Waals surface area contributed by atoms with Crippen LogP contribution >= 0.6 is 0 Å². The number of ether oxygens (including phenoxy) is 1. The average molecular weight is 311 g/mol. The normalized spacial score (nSPS) is 10.4. The highest BCUT2D eigenvalue weighted by molar-refractivity contribution is 5.78. The first kappa shape index (κ1) is 17.1. The van der Waals surface area contributed by atoms with Gasteiger partial charge in [-0.15, -0.1) is 0 Å². The third kappa shape index (κ3) is 5.44. The SMILES string of the molecule is CCc1ccc(CC(=O)NCCOc2ccc(C)cc2C)cc1. The maximum atomic E-state index is 11.9. The van der Waals surface area contributed by atoms with Crippen molar-refractivity contribution < 1.29 is 9.53 Å². The van der Waals surface area contributed by atoms with Crippen LogP contribution in [0.15, 0.2) is 42.5 Å². The number of hydrogen-bond donors (Lipinski definition) is 1. The second-order valence-electron chi connectivity index (χ2n) is 5.81. The molecule has 0 bridgehead atoms. The summed E-state index contributed by atoms with van der Waals surface area (Å²) in [6, 6.07) is 14.3. The predicted octanol–water partition coefficient (Wildman–Crippen LogP) is 3.60. The number of carbonyl (C=O) groups is 1. The summed E-state index contributed by atoms with van der Waals surface area (Å²) in [7, 11) is 0. The van der Waals surface area contributed by atoms with Crippen molar-refractivity contribution in [2.24, 2.45) is 0 Å². The molecule has 2 rings (SSSR count). The minimum absolute atomic E-state index is 0.0264. The van der Waals surface area contributed by atoms with Crippen molar-refractivity contribution in [3.05, 3.63) is 64.7 Å².